The van der Waals surface area contributed by atoms with Gasteiger partial charge in [-0.2, -0.15) is 0 Å². The van der Waals surface area contributed by atoms with E-state index >= 15 is 0 Å². The minimum absolute atomic E-state index is 0.0842. The zero-order valence-electron chi connectivity index (χ0n) is 14.1. The van der Waals surface area contributed by atoms with Crippen molar-refractivity contribution < 1.29 is 9.59 Å². The van der Waals surface area contributed by atoms with E-state index in [9.17, 15) is 9.59 Å². The van der Waals surface area contributed by atoms with Crippen LogP contribution < -0.4 is 16.0 Å². The molecular formula is C20H23N3O2. The number of hydrogen-bond donors (Lipinski definition) is 3. The molecule has 1 aliphatic carbocycles. The van der Waals surface area contributed by atoms with Gasteiger partial charge in [0.05, 0.1) is 0 Å². The SMILES string of the molecule is O=C(Nc1ccccc1)Nc1cccc(C(=O)NC2CCCCC2)c1. The smallest absolute Gasteiger partial charge is 0.323 e. The van der Waals surface area contributed by atoms with Crippen LogP contribution in [-0.4, -0.2) is 18.0 Å². The minimum Gasteiger partial charge on any atom is -0.349 e. The lowest BCUT2D eigenvalue weighted by molar-refractivity contribution is 0.0927. The summed E-state index contributed by atoms with van der Waals surface area (Å²) in [6.45, 7) is 0. The third-order valence-corrected chi connectivity index (χ3v) is 4.35. The number of rotatable bonds is 4. The molecule has 130 valence electrons. The predicted molar refractivity (Wildman–Crippen MR) is 99.9 cm³/mol. The van der Waals surface area contributed by atoms with Gasteiger partial charge >= 0.3 is 6.03 Å². The maximum absolute atomic E-state index is 12.4. The highest BCUT2D eigenvalue weighted by atomic mass is 16.2. The summed E-state index contributed by atoms with van der Waals surface area (Å²) in [4.78, 5) is 24.5. The Balaban J connectivity index is 1.58. The largest absolute Gasteiger partial charge is 0.349 e. The lowest BCUT2D eigenvalue weighted by Gasteiger charge is -2.22. The summed E-state index contributed by atoms with van der Waals surface area (Å²) in [7, 11) is 0. The van der Waals surface area contributed by atoms with E-state index in [1.807, 2.05) is 30.3 Å². The molecule has 3 rings (SSSR count). The summed E-state index contributed by atoms with van der Waals surface area (Å²) in [5.74, 6) is -0.0842. The van der Waals surface area contributed by atoms with E-state index in [0.29, 0.717) is 16.9 Å². The fourth-order valence-corrected chi connectivity index (χ4v) is 3.07. The fraction of sp³-hybridized carbons (Fsp3) is 0.300. The van der Waals surface area contributed by atoms with Crippen LogP contribution in [0.25, 0.3) is 0 Å². The summed E-state index contributed by atoms with van der Waals surface area (Å²) in [6.07, 6.45) is 5.69. The highest BCUT2D eigenvalue weighted by Crippen LogP contribution is 2.18. The Morgan fingerprint density at radius 3 is 2.24 bits per heavy atom. The van der Waals surface area contributed by atoms with E-state index < -0.39 is 0 Å². The number of amides is 3. The van der Waals surface area contributed by atoms with Crippen LogP contribution in [0.1, 0.15) is 42.5 Å². The maximum atomic E-state index is 12.4. The minimum atomic E-state index is -0.337. The lowest BCUT2D eigenvalue weighted by atomic mass is 9.95. The van der Waals surface area contributed by atoms with Crippen LogP contribution >= 0.6 is 0 Å². The Morgan fingerprint density at radius 1 is 0.800 bits per heavy atom. The van der Waals surface area contributed by atoms with Gasteiger partial charge < -0.3 is 16.0 Å². The third-order valence-electron chi connectivity index (χ3n) is 4.35. The molecule has 1 fully saturated rings. The Kier molecular flexibility index (Phi) is 5.67. The Hall–Kier alpha value is -2.82. The Morgan fingerprint density at radius 2 is 1.48 bits per heavy atom. The summed E-state index contributed by atoms with van der Waals surface area (Å²) >= 11 is 0. The van der Waals surface area contributed by atoms with E-state index in [-0.39, 0.29) is 18.0 Å². The van der Waals surface area contributed by atoms with Gasteiger partial charge in [-0.05, 0) is 43.2 Å². The summed E-state index contributed by atoms with van der Waals surface area (Å²) in [5, 5.41) is 8.60. The van der Waals surface area contributed by atoms with Crippen molar-refractivity contribution in [1.29, 1.82) is 0 Å². The van der Waals surface area contributed by atoms with Crippen molar-refractivity contribution in [3.63, 3.8) is 0 Å². The highest BCUT2D eigenvalue weighted by Gasteiger charge is 2.16. The second kappa shape index (κ2) is 8.33. The number of anilines is 2. The van der Waals surface area contributed by atoms with E-state index in [4.69, 9.17) is 0 Å². The van der Waals surface area contributed by atoms with Crippen LogP contribution in [0, 0.1) is 0 Å². The molecule has 3 N–H and O–H groups in total. The molecule has 3 amide bonds. The van der Waals surface area contributed by atoms with Crippen LogP contribution in [0.4, 0.5) is 16.2 Å². The molecule has 0 aliphatic heterocycles. The van der Waals surface area contributed by atoms with Gasteiger partial charge in [0, 0.05) is 23.0 Å². The van der Waals surface area contributed by atoms with E-state index in [1.54, 1.807) is 24.3 Å². The van der Waals surface area contributed by atoms with E-state index in [1.165, 1.54) is 19.3 Å². The number of carbonyl (C=O) groups is 2. The van der Waals surface area contributed by atoms with Crippen molar-refractivity contribution >= 4 is 23.3 Å². The molecule has 25 heavy (non-hydrogen) atoms. The molecule has 1 aliphatic rings. The Labute approximate surface area is 147 Å². The third kappa shape index (κ3) is 5.08. The zero-order valence-corrected chi connectivity index (χ0v) is 14.1. The van der Waals surface area contributed by atoms with Gasteiger partial charge in [-0.25, -0.2) is 4.79 Å². The molecule has 5 heteroatoms. The van der Waals surface area contributed by atoms with Crippen molar-refractivity contribution in [2.45, 2.75) is 38.1 Å². The van der Waals surface area contributed by atoms with E-state index in [0.717, 1.165) is 12.8 Å². The number of hydrogen-bond acceptors (Lipinski definition) is 2. The summed E-state index contributed by atoms with van der Waals surface area (Å²) in [6, 6.07) is 16.1. The lowest BCUT2D eigenvalue weighted by Crippen LogP contribution is -2.36. The first-order chi connectivity index (χ1) is 12.2. The van der Waals surface area contributed by atoms with Gasteiger partial charge in [0.2, 0.25) is 0 Å². The molecule has 0 saturated heterocycles. The van der Waals surface area contributed by atoms with Gasteiger partial charge in [0.25, 0.3) is 5.91 Å². The highest BCUT2D eigenvalue weighted by molar-refractivity contribution is 6.01. The molecule has 1 saturated carbocycles. The average Bonchev–Trinajstić information content (AvgIpc) is 2.63. The summed E-state index contributed by atoms with van der Waals surface area (Å²) < 4.78 is 0. The number of nitrogens with one attached hydrogen (secondary N) is 3. The first-order valence-corrected chi connectivity index (χ1v) is 8.75. The first kappa shape index (κ1) is 17.0. The van der Waals surface area contributed by atoms with Crippen LogP contribution in [0.5, 0.6) is 0 Å². The zero-order chi connectivity index (χ0) is 17.5. The molecule has 5 nitrogen and oxygen atoms in total. The normalized spacial score (nSPS) is 14.6. The van der Waals surface area contributed by atoms with Crippen LogP contribution in [0.2, 0.25) is 0 Å². The molecule has 0 spiro atoms. The van der Waals surface area contributed by atoms with Crippen molar-refractivity contribution in [2.75, 3.05) is 10.6 Å². The molecule has 0 aromatic heterocycles. The molecule has 2 aromatic carbocycles. The second-order valence-electron chi connectivity index (χ2n) is 6.33. The monoisotopic (exact) mass is 337 g/mol. The van der Waals surface area contributed by atoms with Crippen LogP contribution in [0.3, 0.4) is 0 Å². The van der Waals surface area contributed by atoms with Crippen molar-refractivity contribution in [3.05, 3.63) is 60.2 Å². The van der Waals surface area contributed by atoms with Gasteiger partial charge in [-0.15, -0.1) is 0 Å². The van der Waals surface area contributed by atoms with Crippen molar-refractivity contribution in [1.82, 2.24) is 5.32 Å². The number of para-hydroxylation sites is 1. The Bertz CT molecular complexity index is 725. The average molecular weight is 337 g/mol. The summed E-state index contributed by atoms with van der Waals surface area (Å²) in [5.41, 5.74) is 1.86. The molecule has 0 unspecified atom stereocenters. The molecule has 0 atom stereocenters. The van der Waals surface area contributed by atoms with Gasteiger partial charge in [-0.3, -0.25) is 4.79 Å². The van der Waals surface area contributed by atoms with Gasteiger partial charge in [0.1, 0.15) is 0 Å². The molecular weight excluding hydrogens is 314 g/mol. The van der Waals surface area contributed by atoms with E-state index in [2.05, 4.69) is 16.0 Å². The predicted octanol–water partition coefficient (Wildman–Crippen LogP) is 4.39. The quantitative estimate of drug-likeness (QED) is 0.774. The molecule has 0 radical (unpaired) electrons. The van der Waals surface area contributed by atoms with Gasteiger partial charge in [0.15, 0.2) is 0 Å². The van der Waals surface area contributed by atoms with Gasteiger partial charge in [-0.1, -0.05) is 43.5 Å². The molecule has 2 aromatic rings. The molecule has 0 bridgehead atoms. The number of carbonyl (C=O) groups excluding carboxylic acids is 2. The van der Waals surface area contributed by atoms with Crippen LogP contribution in [-0.2, 0) is 0 Å². The number of benzene rings is 2. The maximum Gasteiger partial charge on any atom is 0.323 e. The topological polar surface area (TPSA) is 70.2 Å². The standard InChI is InChI=1S/C20H23N3O2/c24-19(21-16-9-3-1-4-10-16)15-8-7-13-18(14-15)23-20(25)22-17-11-5-2-6-12-17/h2,5-8,11-14,16H,1,3-4,9-10H2,(H,21,24)(H2,22,23,25). The fourth-order valence-electron chi connectivity index (χ4n) is 3.07. The first-order valence-electron chi connectivity index (χ1n) is 8.75. The van der Waals surface area contributed by atoms with Crippen LogP contribution in [0.15, 0.2) is 54.6 Å². The number of urea groups is 1. The van der Waals surface area contributed by atoms with Crippen molar-refractivity contribution in [3.8, 4) is 0 Å². The van der Waals surface area contributed by atoms with Crippen molar-refractivity contribution in [2.24, 2.45) is 0 Å². The molecule has 0 heterocycles. The second-order valence-corrected chi connectivity index (χ2v) is 6.33.